The molecule has 1 N–H and O–H groups in total. The molecule has 0 radical (unpaired) electrons. The summed E-state index contributed by atoms with van der Waals surface area (Å²) in [5.74, 6) is -0.0230. The average molecular weight is 591 g/mol. The van der Waals surface area contributed by atoms with Gasteiger partial charge in [0.2, 0.25) is 0 Å². The molecule has 42 heavy (non-hydrogen) atoms. The standard InChI is InChI=1S/C29H37F3N6O4/c1-17-23-22(36-9-11-40-12-10-36)5-7-33-26(23)35-21-13-20(34-25(24(21)41-17)29(30,31)32)18-14-38(15-18)19-6-8-37(16-19)27(39)42-28(2,3)4/h5,7,13,17-19H,6,8-12,14-16H2,1-4H3,(H,33,35)/t17-,19+/m1/s1. The topological polar surface area (TPSA) is 92.3 Å². The van der Waals surface area contributed by atoms with Crippen LogP contribution >= 0.6 is 0 Å². The number of nitrogens with zero attached hydrogens (tertiary/aromatic N) is 5. The highest BCUT2D eigenvalue weighted by Crippen LogP contribution is 2.48. The summed E-state index contributed by atoms with van der Waals surface area (Å²) in [6.07, 6.45) is -3.29. The van der Waals surface area contributed by atoms with Crippen LogP contribution in [0.25, 0.3) is 0 Å². The van der Waals surface area contributed by atoms with E-state index in [1.165, 1.54) is 0 Å². The lowest BCUT2D eigenvalue weighted by Crippen LogP contribution is -2.52. The maximum Gasteiger partial charge on any atom is 0.437 e. The number of fused-ring (bicyclic) bond motifs is 2. The summed E-state index contributed by atoms with van der Waals surface area (Å²) in [4.78, 5) is 27.1. The maximum absolute atomic E-state index is 14.4. The Morgan fingerprint density at radius 3 is 2.55 bits per heavy atom. The molecule has 2 aromatic heterocycles. The Kier molecular flexibility index (Phi) is 7.37. The Morgan fingerprint density at radius 1 is 1.12 bits per heavy atom. The minimum atomic E-state index is -4.71. The molecule has 6 heterocycles. The molecule has 228 valence electrons. The number of morpholine rings is 1. The van der Waals surface area contributed by atoms with Crippen LogP contribution in [0.1, 0.15) is 63.1 Å². The molecule has 2 aromatic rings. The lowest BCUT2D eigenvalue weighted by Gasteiger charge is -2.43. The number of carbonyl (C=O) groups is 1. The number of pyridine rings is 2. The third-order valence-electron chi connectivity index (χ3n) is 8.19. The second kappa shape index (κ2) is 10.7. The van der Waals surface area contributed by atoms with E-state index in [-0.39, 0.29) is 29.5 Å². The lowest BCUT2D eigenvalue weighted by molar-refractivity contribution is -0.143. The molecular weight excluding hydrogens is 553 g/mol. The van der Waals surface area contributed by atoms with E-state index in [1.54, 1.807) is 24.1 Å². The molecular formula is C29H37F3N6O4. The number of hydrogen-bond acceptors (Lipinski definition) is 9. The van der Waals surface area contributed by atoms with Gasteiger partial charge in [0, 0.05) is 68.8 Å². The van der Waals surface area contributed by atoms with Gasteiger partial charge in [-0.05, 0) is 46.2 Å². The van der Waals surface area contributed by atoms with Gasteiger partial charge in [0.05, 0.1) is 24.5 Å². The van der Waals surface area contributed by atoms with Crippen molar-refractivity contribution >= 4 is 23.3 Å². The number of rotatable bonds is 3. The molecule has 4 aliphatic rings. The van der Waals surface area contributed by atoms with Gasteiger partial charge in [-0.3, -0.25) is 4.90 Å². The SMILES string of the molecule is C[C@H]1Oc2c(cc(C3CN([C@H]4CCN(C(=O)OC(C)(C)C)C4)C3)nc2C(F)(F)F)Nc2nccc(N3CCOCC3)c21. The Bertz CT molecular complexity index is 1340. The van der Waals surface area contributed by atoms with Crippen LogP contribution in [-0.2, 0) is 15.7 Å². The largest absolute Gasteiger partial charge is 0.481 e. The molecule has 0 unspecified atom stereocenters. The number of hydrogen-bond donors (Lipinski definition) is 1. The second-order valence-electron chi connectivity index (χ2n) is 12.4. The third kappa shape index (κ3) is 5.68. The van der Waals surface area contributed by atoms with Crippen molar-refractivity contribution in [1.29, 1.82) is 0 Å². The van der Waals surface area contributed by atoms with Crippen LogP contribution in [0, 0.1) is 0 Å². The van der Waals surface area contributed by atoms with E-state index in [2.05, 4.69) is 25.1 Å². The first-order valence-electron chi connectivity index (χ1n) is 14.5. The molecule has 0 spiro atoms. The van der Waals surface area contributed by atoms with Crippen LogP contribution in [0.3, 0.4) is 0 Å². The van der Waals surface area contributed by atoms with Crippen molar-refractivity contribution in [3.8, 4) is 5.75 Å². The van der Waals surface area contributed by atoms with Gasteiger partial charge in [-0.25, -0.2) is 14.8 Å². The Balaban J connectivity index is 1.22. The number of nitrogens with one attached hydrogen (secondary N) is 1. The predicted molar refractivity (Wildman–Crippen MR) is 149 cm³/mol. The highest BCUT2D eigenvalue weighted by Gasteiger charge is 2.44. The molecule has 13 heteroatoms. The zero-order chi connectivity index (χ0) is 29.8. The Hall–Kier alpha value is -3.32. The zero-order valence-electron chi connectivity index (χ0n) is 24.3. The van der Waals surface area contributed by atoms with E-state index in [0.29, 0.717) is 69.6 Å². The van der Waals surface area contributed by atoms with Crippen LogP contribution in [-0.4, -0.2) is 90.0 Å². The summed E-state index contributed by atoms with van der Waals surface area (Å²) < 4.78 is 60.2. The van der Waals surface area contributed by atoms with Gasteiger partial charge >= 0.3 is 12.3 Å². The summed E-state index contributed by atoms with van der Waals surface area (Å²) in [5, 5.41) is 3.17. The molecule has 0 saturated carbocycles. The number of halogens is 3. The van der Waals surface area contributed by atoms with E-state index in [0.717, 1.165) is 12.1 Å². The van der Waals surface area contributed by atoms with Crippen LogP contribution in [0.4, 0.5) is 35.2 Å². The van der Waals surface area contributed by atoms with E-state index in [4.69, 9.17) is 14.2 Å². The summed E-state index contributed by atoms with van der Waals surface area (Å²) in [6.45, 7) is 12.0. The van der Waals surface area contributed by atoms with E-state index in [1.807, 2.05) is 26.8 Å². The van der Waals surface area contributed by atoms with E-state index in [9.17, 15) is 18.0 Å². The Labute approximate surface area is 243 Å². The van der Waals surface area contributed by atoms with Crippen molar-refractivity contribution in [2.75, 3.05) is 62.7 Å². The van der Waals surface area contributed by atoms with Gasteiger partial charge in [0.25, 0.3) is 0 Å². The zero-order valence-corrected chi connectivity index (χ0v) is 24.3. The quantitative estimate of drug-likeness (QED) is 0.534. The maximum atomic E-state index is 14.4. The van der Waals surface area contributed by atoms with Crippen LogP contribution in [0.2, 0.25) is 0 Å². The summed E-state index contributed by atoms with van der Waals surface area (Å²) >= 11 is 0. The highest BCUT2D eigenvalue weighted by atomic mass is 19.4. The smallest absolute Gasteiger partial charge is 0.437 e. The van der Waals surface area contributed by atoms with Crippen molar-refractivity contribution in [3.05, 3.63) is 35.3 Å². The number of amides is 1. The van der Waals surface area contributed by atoms with Gasteiger partial charge in [-0.2, -0.15) is 13.2 Å². The first-order valence-corrected chi connectivity index (χ1v) is 14.5. The fraction of sp³-hybridized carbons (Fsp3) is 0.621. The molecule has 3 fully saturated rings. The average Bonchev–Trinajstić information content (AvgIpc) is 3.32. The number of alkyl halides is 3. The van der Waals surface area contributed by atoms with Crippen LogP contribution < -0.4 is 15.0 Å². The van der Waals surface area contributed by atoms with Crippen molar-refractivity contribution in [1.82, 2.24) is 19.8 Å². The van der Waals surface area contributed by atoms with E-state index >= 15 is 0 Å². The molecule has 1 amide bonds. The van der Waals surface area contributed by atoms with Crippen LogP contribution in [0.15, 0.2) is 18.3 Å². The van der Waals surface area contributed by atoms with Crippen molar-refractivity contribution in [2.24, 2.45) is 0 Å². The second-order valence-corrected chi connectivity index (χ2v) is 12.4. The van der Waals surface area contributed by atoms with E-state index < -0.39 is 23.6 Å². The van der Waals surface area contributed by atoms with Gasteiger partial charge in [0.1, 0.15) is 17.5 Å². The minimum Gasteiger partial charge on any atom is -0.481 e. The summed E-state index contributed by atoms with van der Waals surface area (Å²) in [6, 6.07) is 3.67. The highest BCUT2D eigenvalue weighted by molar-refractivity contribution is 5.75. The Morgan fingerprint density at radius 2 is 1.86 bits per heavy atom. The number of anilines is 3. The summed E-state index contributed by atoms with van der Waals surface area (Å²) in [7, 11) is 0. The van der Waals surface area contributed by atoms with Crippen molar-refractivity contribution in [3.63, 3.8) is 0 Å². The first kappa shape index (κ1) is 28.8. The number of carbonyl (C=O) groups excluding carboxylic acids is 1. The van der Waals surface area contributed by atoms with Gasteiger partial charge < -0.3 is 29.3 Å². The minimum absolute atomic E-state index is 0.133. The van der Waals surface area contributed by atoms with Crippen molar-refractivity contribution < 1.29 is 32.2 Å². The van der Waals surface area contributed by atoms with Crippen molar-refractivity contribution in [2.45, 2.75) is 64.0 Å². The normalized spacial score (nSPS) is 23.3. The molecule has 10 nitrogen and oxygen atoms in total. The molecule has 0 bridgehead atoms. The fourth-order valence-corrected chi connectivity index (χ4v) is 6.10. The molecule has 6 rings (SSSR count). The summed E-state index contributed by atoms with van der Waals surface area (Å²) in [5.41, 5.74) is 0.529. The molecule has 0 aromatic carbocycles. The lowest BCUT2D eigenvalue weighted by atomic mass is 9.92. The van der Waals surface area contributed by atoms with Gasteiger partial charge in [-0.1, -0.05) is 0 Å². The molecule has 4 aliphatic heterocycles. The fourth-order valence-electron chi connectivity index (χ4n) is 6.10. The van der Waals surface area contributed by atoms with Gasteiger partial charge in [0.15, 0.2) is 11.4 Å². The number of likely N-dealkylation sites (tertiary alicyclic amines) is 2. The molecule has 0 aliphatic carbocycles. The third-order valence-corrected chi connectivity index (χ3v) is 8.19. The monoisotopic (exact) mass is 590 g/mol. The van der Waals surface area contributed by atoms with Gasteiger partial charge in [-0.15, -0.1) is 0 Å². The predicted octanol–water partition coefficient (Wildman–Crippen LogP) is 4.94. The molecule has 2 atom stereocenters. The van der Waals surface area contributed by atoms with Crippen LogP contribution in [0.5, 0.6) is 5.75 Å². The first-order chi connectivity index (χ1) is 19.9. The number of ether oxygens (including phenoxy) is 3. The molecule has 3 saturated heterocycles. The number of aromatic nitrogens is 2.